The molecule has 2 N–H and O–H groups in total. The fraction of sp³-hybridized carbons (Fsp3) is 0.400. The van der Waals surface area contributed by atoms with E-state index in [2.05, 4.69) is 5.32 Å². The molecule has 84 valence electrons. The monoisotopic (exact) mass is 219 g/mol. The highest BCUT2D eigenvalue weighted by atomic mass is 19.2. The number of hydrogen-bond donors (Lipinski definition) is 2. The zero-order chi connectivity index (χ0) is 11.4. The highest BCUT2D eigenvalue weighted by molar-refractivity contribution is 5.20. The highest BCUT2D eigenvalue weighted by Crippen LogP contribution is 2.14. The van der Waals surface area contributed by atoms with Gasteiger partial charge in [0.1, 0.15) is 0 Å². The lowest BCUT2D eigenvalue weighted by molar-refractivity contribution is 0.190. The molecule has 0 unspecified atom stereocenters. The molecule has 0 saturated heterocycles. The minimum absolute atomic E-state index is 0.0366. The Labute approximate surface area is 85.7 Å². The lowest BCUT2D eigenvalue weighted by atomic mass is 10.2. The third-order valence-electron chi connectivity index (χ3n) is 1.87. The molecule has 0 radical (unpaired) electrons. The molecule has 15 heavy (non-hydrogen) atoms. The Morgan fingerprint density at radius 1 is 1.27 bits per heavy atom. The van der Waals surface area contributed by atoms with Crippen molar-refractivity contribution in [2.45, 2.75) is 19.6 Å². The van der Waals surface area contributed by atoms with Gasteiger partial charge in [0, 0.05) is 18.7 Å². The Balaban J connectivity index is 2.66. The van der Waals surface area contributed by atoms with Crippen molar-refractivity contribution in [1.82, 2.24) is 5.32 Å². The van der Waals surface area contributed by atoms with Gasteiger partial charge in [-0.25, -0.2) is 13.2 Å². The van der Waals surface area contributed by atoms with Gasteiger partial charge in [-0.1, -0.05) is 6.07 Å². The van der Waals surface area contributed by atoms with Gasteiger partial charge in [0.05, 0.1) is 6.10 Å². The number of rotatable bonds is 4. The van der Waals surface area contributed by atoms with Crippen molar-refractivity contribution in [1.29, 1.82) is 0 Å². The topological polar surface area (TPSA) is 32.3 Å². The Morgan fingerprint density at radius 2 is 1.93 bits per heavy atom. The summed E-state index contributed by atoms with van der Waals surface area (Å²) >= 11 is 0. The molecule has 0 saturated carbocycles. The van der Waals surface area contributed by atoms with Crippen LogP contribution in [0.1, 0.15) is 12.5 Å². The molecule has 0 aliphatic carbocycles. The summed E-state index contributed by atoms with van der Waals surface area (Å²) in [6.07, 6.45) is -0.571. The Hall–Kier alpha value is -1.07. The largest absolute Gasteiger partial charge is 0.392 e. The fourth-order valence-corrected chi connectivity index (χ4v) is 1.12. The van der Waals surface area contributed by atoms with Gasteiger partial charge in [-0.15, -0.1) is 0 Å². The summed E-state index contributed by atoms with van der Waals surface area (Å²) in [7, 11) is 0. The first-order valence-electron chi connectivity index (χ1n) is 4.53. The van der Waals surface area contributed by atoms with Crippen LogP contribution < -0.4 is 5.32 Å². The molecule has 2 nitrogen and oxygen atoms in total. The van der Waals surface area contributed by atoms with E-state index in [9.17, 15) is 13.2 Å². The normalized spacial score (nSPS) is 12.9. The van der Waals surface area contributed by atoms with Gasteiger partial charge < -0.3 is 10.4 Å². The van der Waals surface area contributed by atoms with Crippen LogP contribution in [0.25, 0.3) is 0 Å². The van der Waals surface area contributed by atoms with Gasteiger partial charge in [-0.05, 0) is 13.0 Å². The number of hydrogen-bond acceptors (Lipinski definition) is 2. The average Bonchev–Trinajstić information content (AvgIpc) is 2.18. The van der Waals surface area contributed by atoms with E-state index < -0.39 is 23.6 Å². The van der Waals surface area contributed by atoms with Crippen LogP contribution in [0.2, 0.25) is 0 Å². The second-order valence-corrected chi connectivity index (χ2v) is 3.31. The molecule has 1 aromatic carbocycles. The van der Waals surface area contributed by atoms with Crippen LogP contribution in [0.15, 0.2) is 12.1 Å². The molecule has 1 aromatic rings. The molecule has 0 aliphatic heterocycles. The second-order valence-electron chi connectivity index (χ2n) is 3.31. The summed E-state index contributed by atoms with van der Waals surface area (Å²) in [4.78, 5) is 0. The summed E-state index contributed by atoms with van der Waals surface area (Å²) in [6.45, 7) is 1.88. The maximum absolute atomic E-state index is 13.1. The van der Waals surface area contributed by atoms with E-state index in [0.29, 0.717) is 0 Å². The maximum atomic E-state index is 13.1. The maximum Gasteiger partial charge on any atom is 0.194 e. The van der Waals surface area contributed by atoms with Crippen molar-refractivity contribution in [3.05, 3.63) is 35.1 Å². The molecular weight excluding hydrogens is 207 g/mol. The molecule has 1 rings (SSSR count). The lowest BCUT2D eigenvalue weighted by Gasteiger charge is -2.08. The second kappa shape index (κ2) is 5.14. The molecular formula is C10H12F3NO. The van der Waals surface area contributed by atoms with E-state index in [0.717, 1.165) is 6.07 Å². The number of nitrogens with one attached hydrogen (secondary N) is 1. The summed E-state index contributed by atoms with van der Waals surface area (Å²) in [5.41, 5.74) is 0.0366. The first kappa shape index (κ1) is 12.0. The van der Waals surface area contributed by atoms with E-state index >= 15 is 0 Å². The molecule has 1 atom stereocenters. The van der Waals surface area contributed by atoms with Crippen LogP contribution in [0.3, 0.4) is 0 Å². The highest BCUT2D eigenvalue weighted by Gasteiger charge is 2.12. The molecule has 0 amide bonds. The van der Waals surface area contributed by atoms with E-state index in [1.54, 1.807) is 6.92 Å². The molecule has 0 aromatic heterocycles. The van der Waals surface area contributed by atoms with Crippen LogP contribution in [0, 0.1) is 17.5 Å². The Bertz CT molecular complexity index is 342. The van der Waals surface area contributed by atoms with E-state index in [1.807, 2.05) is 0 Å². The van der Waals surface area contributed by atoms with Crippen LogP contribution in [0.5, 0.6) is 0 Å². The summed E-state index contributed by atoms with van der Waals surface area (Å²) in [5.74, 6) is -3.86. The van der Waals surface area contributed by atoms with Crippen LogP contribution in [-0.2, 0) is 6.54 Å². The van der Waals surface area contributed by atoms with Crippen LogP contribution in [0.4, 0.5) is 13.2 Å². The summed E-state index contributed by atoms with van der Waals surface area (Å²) < 4.78 is 38.4. The smallest absolute Gasteiger partial charge is 0.194 e. The van der Waals surface area contributed by atoms with Gasteiger partial charge >= 0.3 is 0 Å². The molecule has 0 heterocycles. The first-order valence-corrected chi connectivity index (χ1v) is 4.53. The fourth-order valence-electron chi connectivity index (χ4n) is 1.12. The number of aliphatic hydroxyl groups is 1. The Kier molecular flexibility index (Phi) is 4.11. The van der Waals surface area contributed by atoms with Crippen molar-refractivity contribution in [2.75, 3.05) is 6.54 Å². The standard InChI is InChI=1S/C10H12F3NO/c1-6(15)4-14-5-7-2-3-8(11)10(13)9(7)12/h2-3,6,14-15H,4-5H2,1H3/t6-/m0/s1. The van der Waals surface area contributed by atoms with Crippen LogP contribution >= 0.6 is 0 Å². The van der Waals surface area contributed by atoms with Crippen molar-refractivity contribution in [3.8, 4) is 0 Å². The predicted octanol–water partition coefficient (Wildman–Crippen LogP) is 1.57. The van der Waals surface area contributed by atoms with E-state index in [4.69, 9.17) is 5.11 Å². The van der Waals surface area contributed by atoms with E-state index in [-0.39, 0.29) is 18.7 Å². The minimum atomic E-state index is -1.47. The van der Waals surface area contributed by atoms with Gasteiger partial charge in [0.2, 0.25) is 0 Å². The number of halogens is 3. The molecule has 5 heteroatoms. The third-order valence-corrected chi connectivity index (χ3v) is 1.87. The first-order chi connectivity index (χ1) is 7.02. The number of benzene rings is 1. The van der Waals surface area contributed by atoms with Gasteiger partial charge in [0.15, 0.2) is 17.5 Å². The van der Waals surface area contributed by atoms with Crippen molar-refractivity contribution < 1.29 is 18.3 Å². The van der Waals surface area contributed by atoms with Crippen molar-refractivity contribution in [3.63, 3.8) is 0 Å². The van der Waals surface area contributed by atoms with Crippen LogP contribution in [-0.4, -0.2) is 17.8 Å². The van der Waals surface area contributed by atoms with Crippen molar-refractivity contribution in [2.24, 2.45) is 0 Å². The molecule has 0 spiro atoms. The van der Waals surface area contributed by atoms with Gasteiger partial charge in [-0.2, -0.15) is 0 Å². The summed E-state index contributed by atoms with van der Waals surface area (Å²) in [6, 6.07) is 2.04. The zero-order valence-corrected chi connectivity index (χ0v) is 8.23. The third kappa shape index (κ3) is 3.21. The zero-order valence-electron chi connectivity index (χ0n) is 8.23. The molecule has 0 aliphatic rings. The predicted molar refractivity (Wildman–Crippen MR) is 49.7 cm³/mol. The minimum Gasteiger partial charge on any atom is -0.392 e. The molecule has 0 fully saturated rings. The van der Waals surface area contributed by atoms with Gasteiger partial charge in [-0.3, -0.25) is 0 Å². The summed E-state index contributed by atoms with van der Waals surface area (Å²) in [5, 5.41) is 11.6. The lowest BCUT2D eigenvalue weighted by Crippen LogP contribution is -2.24. The number of aliphatic hydroxyl groups excluding tert-OH is 1. The Morgan fingerprint density at radius 3 is 2.53 bits per heavy atom. The van der Waals surface area contributed by atoms with Gasteiger partial charge in [0.25, 0.3) is 0 Å². The molecule has 0 bridgehead atoms. The average molecular weight is 219 g/mol. The SMILES string of the molecule is C[C@H](O)CNCc1ccc(F)c(F)c1F. The van der Waals surface area contributed by atoms with Crippen molar-refractivity contribution >= 4 is 0 Å². The quantitative estimate of drug-likeness (QED) is 0.753. The van der Waals surface area contributed by atoms with E-state index in [1.165, 1.54) is 6.07 Å².